The number of ether oxygens (including phenoxy) is 2. The Labute approximate surface area is 446 Å². The van der Waals surface area contributed by atoms with Crippen LogP contribution < -0.4 is 9.47 Å². The van der Waals surface area contributed by atoms with Gasteiger partial charge in [0.25, 0.3) is 0 Å². The SMILES string of the molecule is c1ccc2c(c1)Oc1ccccc1C21c2cc(-c3ccc(-n4c5ccccc5c5ccccc54)cc3)sc2C2(c3ccccc3Oc3ccccc32)c2cc(-c3ccc(-n4c5ccccc5c5ccccc54)cc3)sc21. The average Bonchev–Trinajstić information content (AvgIpc) is 4.39. The second-order valence-electron chi connectivity index (χ2n) is 20.2. The minimum Gasteiger partial charge on any atom is -0.457 e. The van der Waals surface area contributed by atoms with Crippen LogP contribution in [0.5, 0.6) is 23.0 Å². The Balaban J connectivity index is 0.934. The van der Waals surface area contributed by atoms with Gasteiger partial charge in [0.1, 0.15) is 23.0 Å². The van der Waals surface area contributed by atoms with Crippen LogP contribution in [-0.4, -0.2) is 9.13 Å². The predicted octanol–water partition coefficient (Wildman–Crippen LogP) is 18.6. The molecule has 3 aliphatic rings. The number of fused-ring (bicyclic) bond motifs is 20. The van der Waals surface area contributed by atoms with Gasteiger partial charge in [-0.25, -0.2) is 0 Å². The fourth-order valence-electron chi connectivity index (χ4n) is 13.4. The molecule has 356 valence electrons. The Morgan fingerprint density at radius 3 is 0.868 bits per heavy atom. The molecule has 4 nitrogen and oxygen atoms in total. The third kappa shape index (κ3) is 5.51. The summed E-state index contributed by atoms with van der Waals surface area (Å²) in [5.41, 5.74) is 15.0. The van der Waals surface area contributed by atoms with Crippen molar-refractivity contribution in [2.45, 2.75) is 10.8 Å². The van der Waals surface area contributed by atoms with Crippen LogP contribution in [0.25, 0.3) is 75.9 Å². The molecule has 2 spiro atoms. The summed E-state index contributed by atoms with van der Waals surface area (Å²) < 4.78 is 18.7. The molecule has 0 N–H and O–H groups in total. The zero-order valence-corrected chi connectivity index (χ0v) is 42.4. The molecular weight excluding hydrogens is 965 g/mol. The summed E-state index contributed by atoms with van der Waals surface area (Å²) in [6.07, 6.45) is 0. The van der Waals surface area contributed by atoms with Gasteiger partial charge in [0.15, 0.2) is 0 Å². The maximum Gasteiger partial charge on any atom is 0.132 e. The first-order valence-corrected chi connectivity index (χ1v) is 27.5. The van der Waals surface area contributed by atoms with Crippen molar-refractivity contribution in [3.05, 3.63) is 298 Å². The lowest BCUT2D eigenvalue weighted by Gasteiger charge is -2.50. The van der Waals surface area contributed by atoms with Gasteiger partial charge in [0.05, 0.1) is 32.9 Å². The monoisotopic (exact) mass is 1010 g/mol. The van der Waals surface area contributed by atoms with E-state index in [-0.39, 0.29) is 0 Å². The maximum absolute atomic E-state index is 6.97. The van der Waals surface area contributed by atoms with Gasteiger partial charge in [0, 0.05) is 74.7 Å². The number of para-hydroxylation sites is 8. The van der Waals surface area contributed by atoms with Crippen LogP contribution in [-0.2, 0) is 10.8 Å². The van der Waals surface area contributed by atoms with Crippen molar-refractivity contribution in [1.82, 2.24) is 9.13 Å². The third-order valence-electron chi connectivity index (χ3n) is 16.5. The highest BCUT2D eigenvalue weighted by molar-refractivity contribution is 7.17. The van der Waals surface area contributed by atoms with E-state index in [1.807, 2.05) is 22.7 Å². The van der Waals surface area contributed by atoms with Crippen molar-refractivity contribution in [3.8, 4) is 55.3 Å². The molecule has 0 radical (unpaired) electrons. The van der Waals surface area contributed by atoms with Gasteiger partial charge in [-0.3, -0.25) is 0 Å². The van der Waals surface area contributed by atoms with Gasteiger partial charge < -0.3 is 18.6 Å². The van der Waals surface area contributed by atoms with Gasteiger partial charge in [-0.2, -0.15) is 0 Å². The first-order chi connectivity index (χ1) is 37.7. The summed E-state index contributed by atoms with van der Waals surface area (Å²) in [6.45, 7) is 0. The van der Waals surface area contributed by atoms with Crippen LogP contribution in [0.1, 0.15) is 43.1 Å². The number of hydrogen-bond acceptors (Lipinski definition) is 4. The molecule has 17 rings (SSSR count). The Morgan fingerprint density at radius 2 is 0.553 bits per heavy atom. The molecule has 4 aromatic heterocycles. The summed E-state index contributed by atoms with van der Waals surface area (Å²) in [5, 5.41) is 5.02. The number of thiophene rings is 2. The van der Waals surface area contributed by atoms with E-state index < -0.39 is 10.8 Å². The normalized spacial score (nSPS) is 14.2. The van der Waals surface area contributed by atoms with E-state index in [1.165, 1.54) is 85.4 Å². The van der Waals surface area contributed by atoms with Crippen molar-refractivity contribution in [2.75, 3.05) is 0 Å². The molecule has 0 saturated carbocycles. The first-order valence-electron chi connectivity index (χ1n) is 25.9. The van der Waals surface area contributed by atoms with E-state index in [0.717, 1.165) is 56.6 Å². The Hall–Kier alpha value is -9.20. The van der Waals surface area contributed by atoms with Crippen molar-refractivity contribution < 1.29 is 9.47 Å². The standard InChI is InChI=1S/C70H42N2O2S2/c1-9-25-57-47(17-1)48-18-2-10-26-58(48)71(57)45-37-33-43(34-38-45)65-41-55-67(75-65)70(53-23-7-15-31-63(53)74-64-32-16-8-24-54(64)70)56-42-66(76-68(56)69(55)51-21-5-13-29-61(51)73-62-30-14-6-22-52(62)69)44-35-39-46(40-36-44)72-59-27-11-3-19-49(59)50-20-4-12-28-60(50)72/h1-42H. The summed E-state index contributed by atoms with van der Waals surface area (Å²) in [6, 6.07) is 93.5. The lowest BCUT2D eigenvalue weighted by atomic mass is 9.54. The van der Waals surface area contributed by atoms with E-state index in [1.54, 1.807) is 0 Å². The van der Waals surface area contributed by atoms with Crippen LogP contribution in [0.3, 0.4) is 0 Å². The first kappa shape index (κ1) is 42.2. The van der Waals surface area contributed by atoms with Crippen LogP contribution >= 0.6 is 22.7 Å². The molecule has 2 aliphatic heterocycles. The number of aromatic nitrogens is 2. The number of benzene rings is 10. The molecule has 0 unspecified atom stereocenters. The van der Waals surface area contributed by atoms with Crippen LogP contribution in [0, 0.1) is 0 Å². The zero-order chi connectivity index (χ0) is 49.7. The Morgan fingerprint density at radius 1 is 0.276 bits per heavy atom. The molecule has 0 atom stereocenters. The quantitative estimate of drug-likeness (QED) is 0.176. The molecule has 6 heterocycles. The fraction of sp³-hybridized carbons (Fsp3) is 0.0286. The van der Waals surface area contributed by atoms with Crippen LogP contribution in [0.4, 0.5) is 0 Å². The summed E-state index contributed by atoms with van der Waals surface area (Å²) in [4.78, 5) is 4.97. The number of hydrogen-bond donors (Lipinski definition) is 0. The highest BCUT2D eigenvalue weighted by atomic mass is 32.1. The van der Waals surface area contributed by atoms with Crippen molar-refractivity contribution in [3.63, 3.8) is 0 Å². The van der Waals surface area contributed by atoms with Crippen LogP contribution in [0.15, 0.2) is 255 Å². The molecule has 76 heavy (non-hydrogen) atoms. The number of rotatable bonds is 4. The summed E-state index contributed by atoms with van der Waals surface area (Å²) in [5.74, 6) is 3.48. The zero-order valence-electron chi connectivity index (χ0n) is 40.8. The average molecular weight is 1010 g/mol. The molecule has 1 aliphatic carbocycles. The Kier molecular flexibility index (Phi) is 8.70. The largest absolute Gasteiger partial charge is 0.457 e. The van der Waals surface area contributed by atoms with Crippen molar-refractivity contribution in [2.24, 2.45) is 0 Å². The second kappa shape index (κ2) is 15.7. The summed E-state index contributed by atoms with van der Waals surface area (Å²) in [7, 11) is 0. The number of nitrogens with zero attached hydrogens (tertiary/aromatic N) is 2. The highest BCUT2D eigenvalue weighted by Crippen LogP contribution is 2.70. The topological polar surface area (TPSA) is 28.3 Å². The van der Waals surface area contributed by atoms with E-state index in [2.05, 4.69) is 264 Å². The molecular formula is C70H42N2O2S2. The minimum atomic E-state index is -0.743. The molecule has 6 heteroatoms. The van der Waals surface area contributed by atoms with Gasteiger partial charge in [-0.15, -0.1) is 22.7 Å². The fourth-order valence-corrected chi connectivity index (χ4v) is 16.3. The molecule has 0 amide bonds. The van der Waals surface area contributed by atoms with E-state index >= 15 is 0 Å². The van der Waals surface area contributed by atoms with E-state index in [4.69, 9.17) is 9.47 Å². The third-order valence-corrected chi connectivity index (χ3v) is 19.1. The molecule has 10 aromatic carbocycles. The molecule has 14 aromatic rings. The van der Waals surface area contributed by atoms with Gasteiger partial charge in [-0.05, 0) is 107 Å². The lowest BCUT2D eigenvalue weighted by Crippen LogP contribution is -2.45. The smallest absolute Gasteiger partial charge is 0.132 e. The van der Waals surface area contributed by atoms with E-state index in [9.17, 15) is 0 Å². The van der Waals surface area contributed by atoms with Crippen molar-refractivity contribution in [1.29, 1.82) is 0 Å². The maximum atomic E-state index is 6.97. The summed E-state index contributed by atoms with van der Waals surface area (Å²) >= 11 is 3.83. The molecule has 0 bridgehead atoms. The molecule has 0 saturated heterocycles. The predicted molar refractivity (Wildman–Crippen MR) is 312 cm³/mol. The van der Waals surface area contributed by atoms with Gasteiger partial charge >= 0.3 is 0 Å². The van der Waals surface area contributed by atoms with Crippen molar-refractivity contribution >= 4 is 66.3 Å². The minimum absolute atomic E-state index is 0.743. The molecule has 0 fully saturated rings. The lowest BCUT2D eigenvalue weighted by molar-refractivity contribution is 0.418. The Bertz CT molecular complexity index is 4180. The highest BCUT2D eigenvalue weighted by Gasteiger charge is 2.61. The van der Waals surface area contributed by atoms with Crippen LogP contribution in [0.2, 0.25) is 0 Å². The van der Waals surface area contributed by atoms with Gasteiger partial charge in [-0.1, -0.05) is 170 Å². The van der Waals surface area contributed by atoms with Gasteiger partial charge in [0.2, 0.25) is 0 Å². The second-order valence-corrected chi connectivity index (χ2v) is 22.3. The van der Waals surface area contributed by atoms with E-state index in [0.29, 0.717) is 0 Å².